The first kappa shape index (κ1) is 18.5. The third-order valence-electron chi connectivity index (χ3n) is 4.79. The van der Waals surface area contributed by atoms with E-state index in [0.717, 1.165) is 30.8 Å². The number of likely N-dealkylation sites (tertiary alicyclic amines) is 1. The lowest BCUT2D eigenvalue weighted by atomic mass is 9.99. The van der Waals surface area contributed by atoms with E-state index in [9.17, 15) is 9.59 Å². The number of carbonyl (C=O) groups excluding carboxylic acids is 2. The zero-order valence-electron chi connectivity index (χ0n) is 15.4. The molecule has 1 saturated heterocycles. The molecular formula is C20H30N2O2. The van der Waals surface area contributed by atoms with Crippen LogP contribution in [0.3, 0.4) is 0 Å². The van der Waals surface area contributed by atoms with E-state index in [2.05, 4.69) is 26.8 Å². The molecular weight excluding hydrogens is 300 g/mol. The van der Waals surface area contributed by atoms with Gasteiger partial charge in [-0.05, 0) is 36.3 Å². The molecule has 2 rings (SSSR count). The van der Waals surface area contributed by atoms with Gasteiger partial charge in [-0.2, -0.15) is 0 Å². The largest absolute Gasteiger partial charge is 0.342 e. The molecule has 132 valence electrons. The van der Waals surface area contributed by atoms with Gasteiger partial charge in [0.25, 0.3) is 0 Å². The zero-order chi connectivity index (χ0) is 17.7. The van der Waals surface area contributed by atoms with E-state index in [1.807, 2.05) is 23.1 Å². The summed E-state index contributed by atoms with van der Waals surface area (Å²) in [5, 5.41) is 0. The molecule has 24 heavy (non-hydrogen) atoms. The number of hydrogen-bond donors (Lipinski definition) is 0. The predicted molar refractivity (Wildman–Crippen MR) is 98.2 cm³/mol. The van der Waals surface area contributed by atoms with Crippen molar-refractivity contribution in [3.8, 4) is 0 Å². The van der Waals surface area contributed by atoms with Gasteiger partial charge in [0, 0.05) is 38.7 Å². The van der Waals surface area contributed by atoms with Crippen molar-refractivity contribution in [2.45, 2.75) is 52.9 Å². The minimum atomic E-state index is -0.0112. The third kappa shape index (κ3) is 4.59. The van der Waals surface area contributed by atoms with Gasteiger partial charge in [0.05, 0.1) is 0 Å². The number of piperidine rings is 1. The molecule has 0 N–H and O–H groups in total. The number of carbonyl (C=O) groups is 2. The molecule has 0 bridgehead atoms. The van der Waals surface area contributed by atoms with Crippen molar-refractivity contribution in [1.29, 1.82) is 0 Å². The SMILES string of the molecule is CC(=O)N(CCC(=O)N1CCCC(C)C1)c1ccccc1C(C)C. The second-order valence-electron chi connectivity index (χ2n) is 7.22. The summed E-state index contributed by atoms with van der Waals surface area (Å²) in [6.07, 6.45) is 2.67. The first-order chi connectivity index (χ1) is 11.4. The molecule has 4 heteroatoms. The Morgan fingerprint density at radius 1 is 1.29 bits per heavy atom. The molecule has 1 aromatic carbocycles. The van der Waals surface area contributed by atoms with E-state index in [1.54, 1.807) is 11.8 Å². The average Bonchev–Trinajstić information content (AvgIpc) is 2.54. The predicted octanol–water partition coefficient (Wildman–Crippen LogP) is 3.81. The normalized spacial score (nSPS) is 17.9. The fourth-order valence-corrected chi connectivity index (χ4v) is 3.45. The smallest absolute Gasteiger partial charge is 0.224 e. The monoisotopic (exact) mass is 330 g/mol. The maximum Gasteiger partial charge on any atom is 0.224 e. The van der Waals surface area contributed by atoms with Crippen LogP contribution in [0.1, 0.15) is 58.4 Å². The van der Waals surface area contributed by atoms with Crippen molar-refractivity contribution in [2.24, 2.45) is 5.92 Å². The summed E-state index contributed by atoms with van der Waals surface area (Å²) in [6, 6.07) is 7.98. The van der Waals surface area contributed by atoms with Crippen LogP contribution in [0.25, 0.3) is 0 Å². The van der Waals surface area contributed by atoms with E-state index < -0.39 is 0 Å². The van der Waals surface area contributed by atoms with Crippen LogP contribution < -0.4 is 4.90 Å². The number of anilines is 1. The summed E-state index contributed by atoms with van der Waals surface area (Å²) in [4.78, 5) is 28.4. The minimum Gasteiger partial charge on any atom is -0.342 e. The molecule has 1 aromatic rings. The Kier molecular flexibility index (Phi) is 6.41. The van der Waals surface area contributed by atoms with Gasteiger partial charge in [-0.25, -0.2) is 0 Å². The molecule has 4 nitrogen and oxygen atoms in total. The summed E-state index contributed by atoms with van der Waals surface area (Å²) in [6.45, 7) is 10.2. The molecule has 1 unspecified atom stereocenters. The van der Waals surface area contributed by atoms with Crippen LogP contribution in [-0.2, 0) is 9.59 Å². The van der Waals surface area contributed by atoms with Crippen LogP contribution >= 0.6 is 0 Å². The van der Waals surface area contributed by atoms with Gasteiger partial charge < -0.3 is 9.80 Å². The van der Waals surface area contributed by atoms with Crippen molar-refractivity contribution in [1.82, 2.24) is 4.90 Å². The van der Waals surface area contributed by atoms with Crippen LogP contribution in [0.2, 0.25) is 0 Å². The second-order valence-corrected chi connectivity index (χ2v) is 7.22. The zero-order valence-corrected chi connectivity index (χ0v) is 15.4. The van der Waals surface area contributed by atoms with Gasteiger partial charge >= 0.3 is 0 Å². The van der Waals surface area contributed by atoms with Crippen molar-refractivity contribution in [3.63, 3.8) is 0 Å². The maximum absolute atomic E-state index is 12.5. The molecule has 0 aliphatic carbocycles. The number of nitrogens with zero attached hydrogens (tertiary/aromatic N) is 2. The van der Waals surface area contributed by atoms with Crippen molar-refractivity contribution < 1.29 is 9.59 Å². The molecule has 1 atom stereocenters. The fourth-order valence-electron chi connectivity index (χ4n) is 3.45. The first-order valence-corrected chi connectivity index (χ1v) is 9.05. The van der Waals surface area contributed by atoms with Crippen molar-refractivity contribution >= 4 is 17.5 Å². The van der Waals surface area contributed by atoms with E-state index in [1.165, 1.54) is 6.42 Å². The lowest BCUT2D eigenvalue weighted by Crippen LogP contribution is -2.41. The van der Waals surface area contributed by atoms with Crippen LogP contribution in [0, 0.1) is 5.92 Å². The van der Waals surface area contributed by atoms with Gasteiger partial charge in [-0.3, -0.25) is 9.59 Å². The summed E-state index contributed by atoms with van der Waals surface area (Å²) >= 11 is 0. The van der Waals surface area contributed by atoms with E-state index >= 15 is 0 Å². The van der Waals surface area contributed by atoms with Gasteiger partial charge in [-0.1, -0.05) is 39.0 Å². The van der Waals surface area contributed by atoms with Crippen molar-refractivity contribution in [2.75, 3.05) is 24.5 Å². The van der Waals surface area contributed by atoms with Gasteiger partial charge in [0.1, 0.15) is 0 Å². The summed E-state index contributed by atoms with van der Waals surface area (Å²) < 4.78 is 0. The van der Waals surface area contributed by atoms with Gasteiger partial charge in [0.15, 0.2) is 0 Å². The standard InChI is InChI=1S/C20H30N2O2/c1-15(2)18-9-5-6-10-19(18)22(17(4)23)13-11-20(24)21-12-7-8-16(3)14-21/h5-6,9-10,15-16H,7-8,11-14H2,1-4H3. The van der Waals surface area contributed by atoms with Crippen LogP contribution in [-0.4, -0.2) is 36.3 Å². The molecule has 0 aromatic heterocycles. The number of rotatable bonds is 5. The molecule has 0 saturated carbocycles. The molecule has 1 heterocycles. The van der Waals surface area contributed by atoms with E-state index in [0.29, 0.717) is 24.8 Å². The number of benzene rings is 1. The topological polar surface area (TPSA) is 40.6 Å². The number of hydrogen-bond acceptors (Lipinski definition) is 2. The quantitative estimate of drug-likeness (QED) is 0.823. The average molecular weight is 330 g/mol. The van der Waals surface area contributed by atoms with E-state index in [4.69, 9.17) is 0 Å². The highest BCUT2D eigenvalue weighted by Crippen LogP contribution is 2.28. The lowest BCUT2D eigenvalue weighted by molar-refractivity contribution is -0.132. The van der Waals surface area contributed by atoms with Crippen LogP contribution in [0.5, 0.6) is 0 Å². The molecule has 0 radical (unpaired) electrons. The molecule has 1 aliphatic rings. The lowest BCUT2D eigenvalue weighted by Gasteiger charge is -2.32. The van der Waals surface area contributed by atoms with Crippen LogP contribution in [0.15, 0.2) is 24.3 Å². The highest BCUT2D eigenvalue weighted by atomic mass is 16.2. The molecule has 2 amide bonds. The Morgan fingerprint density at radius 3 is 2.62 bits per heavy atom. The highest BCUT2D eigenvalue weighted by Gasteiger charge is 2.23. The Hall–Kier alpha value is -1.84. The Morgan fingerprint density at radius 2 is 2.00 bits per heavy atom. The molecule has 0 spiro atoms. The van der Waals surface area contributed by atoms with Crippen LogP contribution in [0.4, 0.5) is 5.69 Å². The summed E-state index contributed by atoms with van der Waals surface area (Å²) in [5.41, 5.74) is 2.08. The Bertz CT molecular complexity index is 583. The van der Waals surface area contributed by atoms with E-state index in [-0.39, 0.29) is 11.8 Å². The fraction of sp³-hybridized carbons (Fsp3) is 0.600. The minimum absolute atomic E-state index is 0.0112. The maximum atomic E-state index is 12.5. The van der Waals surface area contributed by atoms with Gasteiger partial charge in [0.2, 0.25) is 11.8 Å². The summed E-state index contributed by atoms with van der Waals surface area (Å²) in [7, 11) is 0. The van der Waals surface area contributed by atoms with Gasteiger partial charge in [-0.15, -0.1) is 0 Å². The Labute approximate surface area is 145 Å². The summed E-state index contributed by atoms with van der Waals surface area (Å²) in [5.74, 6) is 1.06. The van der Waals surface area contributed by atoms with Crippen molar-refractivity contribution in [3.05, 3.63) is 29.8 Å². The first-order valence-electron chi connectivity index (χ1n) is 9.05. The third-order valence-corrected chi connectivity index (χ3v) is 4.79. The Balaban J connectivity index is 2.07. The second kappa shape index (κ2) is 8.32. The molecule has 1 fully saturated rings. The molecule has 1 aliphatic heterocycles. The number of amides is 2. The highest BCUT2D eigenvalue weighted by molar-refractivity contribution is 5.93. The number of para-hydroxylation sites is 1.